The number of thiocarbonyl (C=S) groups is 1. The van der Waals surface area contributed by atoms with Crippen LogP contribution in [0.4, 0.5) is 20.6 Å². The zero-order chi connectivity index (χ0) is 21.2. The molecule has 11 heteroatoms. The predicted octanol–water partition coefficient (Wildman–Crippen LogP) is 1.56. The second kappa shape index (κ2) is 8.80. The van der Waals surface area contributed by atoms with Crippen LogP contribution in [0.5, 0.6) is 0 Å². The number of anilines is 2. The summed E-state index contributed by atoms with van der Waals surface area (Å²) in [5, 5.41) is 3.04. The minimum atomic E-state index is -3.24. The number of sulfonamides is 1. The summed E-state index contributed by atoms with van der Waals surface area (Å²) in [6.45, 7) is 4.09. The van der Waals surface area contributed by atoms with Gasteiger partial charge in [0.1, 0.15) is 11.9 Å². The second-order valence-electron chi connectivity index (χ2n) is 7.06. The number of hydrogen-bond acceptors (Lipinski definition) is 6. The smallest absolute Gasteiger partial charge is 0.414 e. The second-order valence-corrected chi connectivity index (χ2v) is 9.53. The number of nitrogens with one attached hydrogen (secondary N) is 1. The molecule has 0 aliphatic carbocycles. The Kier molecular flexibility index (Phi) is 6.59. The SMILES string of the molecule is CCC(=S)NC[C@H]1CN(c2ccc(N3CCN(S(C)(=O)=O)CC3)c(F)c2)C(=O)O1. The molecule has 0 radical (unpaired) electrons. The number of cyclic esters (lactones) is 1. The minimum Gasteiger partial charge on any atom is -0.442 e. The Bertz CT molecular complexity index is 888. The van der Waals surface area contributed by atoms with E-state index in [1.165, 1.54) is 21.5 Å². The molecule has 2 aliphatic heterocycles. The molecule has 1 N–H and O–H groups in total. The summed E-state index contributed by atoms with van der Waals surface area (Å²) in [7, 11) is -3.24. The van der Waals surface area contributed by atoms with E-state index in [2.05, 4.69) is 5.32 Å². The first-order valence-electron chi connectivity index (χ1n) is 9.43. The van der Waals surface area contributed by atoms with E-state index in [4.69, 9.17) is 17.0 Å². The number of carbonyl (C=O) groups excluding carboxylic acids is 1. The molecule has 29 heavy (non-hydrogen) atoms. The Hall–Kier alpha value is -1.98. The van der Waals surface area contributed by atoms with Gasteiger partial charge in [-0.05, 0) is 24.6 Å². The van der Waals surface area contributed by atoms with E-state index in [0.717, 1.165) is 0 Å². The molecular formula is C18H25FN4O4S2. The molecule has 1 aromatic carbocycles. The number of hydrogen-bond donors (Lipinski definition) is 1. The van der Waals surface area contributed by atoms with Gasteiger partial charge >= 0.3 is 6.09 Å². The van der Waals surface area contributed by atoms with E-state index in [-0.39, 0.29) is 6.10 Å². The monoisotopic (exact) mass is 444 g/mol. The molecule has 2 fully saturated rings. The third-order valence-corrected chi connectivity index (χ3v) is 6.75. The van der Waals surface area contributed by atoms with Gasteiger partial charge in [0.2, 0.25) is 10.0 Å². The molecule has 1 aromatic rings. The van der Waals surface area contributed by atoms with Crippen LogP contribution < -0.4 is 15.1 Å². The highest BCUT2D eigenvalue weighted by Gasteiger charge is 2.33. The maximum Gasteiger partial charge on any atom is 0.414 e. The molecule has 2 aliphatic rings. The molecule has 2 saturated heterocycles. The fourth-order valence-corrected chi connectivity index (χ4v) is 4.28. The fourth-order valence-electron chi connectivity index (χ4n) is 3.37. The van der Waals surface area contributed by atoms with Crippen LogP contribution >= 0.6 is 12.2 Å². The van der Waals surface area contributed by atoms with Crippen molar-refractivity contribution in [1.29, 1.82) is 0 Å². The lowest BCUT2D eigenvalue weighted by Crippen LogP contribution is -2.48. The number of benzene rings is 1. The molecule has 1 atom stereocenters. The fraction of sp³-hybridized carbons (Fsp3) is 0.556. The van der Waals surface area contributed by atoms with E-state index in [0.29, 0.717) is 62.1 Å². The van der Waals surface area contributed by atoms with Crippen molar-refractivity contribution in [1.82, 2.24) is 9.62 Å². The van der Waals surface area contributed by atoms with Crippen LogP contribution in [0, 0.1) is 5.82 Å². The van der Waals surface area contributed by atoms with Crippen LogP contribution in [-0.4, -0.2) is 75.4 Å². The van der Waals surface area contributed by atoms with Gasteiger partial charge in [-0.3, -0.25) is 4.90 Å². The molecule has 0 spiro atoms. The highest BCUT2D eigenvalue weighted by Crippen LogP contribution is 2.28. The number of carbonyl (C=O) groups is 1. The molecule has 2 heterocycles. The number of piperazine rings is 1. The van der Waals surface area contributed by atoms with Crippen molar-refractivity contribution in [2.45, 2.75) is 19.4 Å². The van der Waals surface area contributed by atoms with Crippen molar-refractivity contribution >= 4 is 44.7 Å². The number of ether oxygens (including phenoxy) is 1. The first kappa shape index (κ1) is 21.7. The van der Waals surface area contributed by atoms with Crippen molar-refractivity contribution in [3.63, 3.8) is 0 Å². The molecule has 0 bridgehead atoms. The van der Waals surface area contributed by atoms with Crippen molar-refractivity contribution in [3.8, 4) is 0 Å². The highest BCUT2D eigenvalue weighted by atomic mass is 32.2. The van der Waals surface area contributed by atoms with Crippen LogP contribution in [-0.2, 0) is 14.8 Å². The van der Waals surface area contributed by atoms with Crippen LogP contribution in [0.3, 0.4) is 0 Å². The van der Waals surface area contributed by atoms with Crippen molar-refractivity contribution in [2.75, 3.05) is 55.3 Å². The van der Waals surface area contributed by atoms with E-state index in [1.54, 1.807) is 12.1 Å². The summed E-state index contributed by atoms with van der Waals surface area (Å²) < 4.78 is 44.7. The maximum absolute atomic E-state index is 14.8. The van der Waals surface area contributed by atoms with Crippen LogP contribution in [0.2, 0.25) is 0 Å². The Balaban J connectivity index is 1.64. The van der Waals surface area contributed by atoms with Gasteiger partial charge in [0, 0.05) is 26.2 Å². The molecule has 0 saturated carbocycles. The van der Waals surface area contributed by atoms with Gasteiger partial charge in [0.15, 0.2) is 0 Å². The summed E-state index contributed by atoms with van der Waals surface area (Å²) in [6.07, 6.45) is 1.00. The van der Waals surface area contributed by atoms with Gasteiger partial charge in [-0.15, -0.1) is 0 Å². The summed E-state index contributed by atoms with van der Waals surface area (Å²) in [6, 6.07) is 4.60. The molecule has 3 rings (SSSR count). The van der Waals surface area contributed by atoms with E-state index >= 15 is 0 Å². The standard InChI is InChI=1S/C18H25FN4O4S2/c1-3-17(28)20-11-14-12-23(18(24)27-14)13-4-5-16(15(19)10-13)21-6-8-22(9-7-21)29(2,25)26/h4-5,10,14H,3,6-9,11-12H2,1-2H3,(H,20,28)/t14-/m0/s1. The number of amides is 1. The van der Waals surface area contributed by atoms with Crippen molar-refractivity contribution < 1.29 is 22.3 Å². The molecule has 1 amide bonds. The van der Waals surface area contributed by atoms with Gasteiger partial charge in [-0.1, -0.05) is 19.1 Å². The topological polar surface area (TPSA) is 82.2 Å². The summed E-state index contributed by atoms with van der Waals surface area (Å²) >= 11 is 5.11. The predicted molar refractivity (Wildman–Crippen MR) is 114 cm³/mol. The van der Waals surface area contributed by atoms with Crippen LogP contribution in [0.15, 0.2) is 18.2 Å². The third kappa shape index (κ3) is 5.14. The zero-order valence-corrected chi connectivity index (χ0v) is 18.1. The summed E-state index contributed by atoms with van der Waals surface area (Å²) in [5.74, 6) is -0.461. The minimum absolute atomic E-state index is 0.310. The van der Waals surface area contributed by atoms with Crippen LogP contribution in [0.25, 0.3) is 0 Å². The van der Waals surface area contributed by atoms with Gasteiger partial charge < -0.3 is 15.0 Å². The largest absolute Gasteiger partial charge is 0.442 e. The Labute approximate surface area is 175 Å². The number of rotatable bonds is 6. The lowest BCUT2D eigenvalue weighted by atomic mass is 10.2. The highest BCUT2D eigenvalue weighted by molar-refractivity contribution is 7.88. The Morgan fingerprint density at radius 1 is 1.31 bits per heavy atom. The van der Waals surface area contributed by atoms with Gasteiger partial charge in [-0.2, -0.15) is 4.31 Å². The average Bonchev–Trinajstić information content (AvgIpc) is 3.06. The molecular weight excluding hydrogens is 419 g/mol. The van der Waals surface area contributed by atoms with Gasteiger partial charge in [0.05, 0.1) is 35.7 Å². The van der Waals surface area contributed by atoms with Crippen molar-refractivity contribution in [2.24, 2.45) is 0 Å². The quantitative estimate of drug-likeness (QED) is 0.667. The molecule has 0 unspecified atom stereocenters. The summed E-state index contributed by atoms with van der Waals surface area (Å²) in [4.78, 5) is 16.1. The maximum atomic E-state index is 14.8. The Morgan fingerprint density at radius 2 is 2.00 bits per heavy atom. The first-order valence-corrected chi connectivity index (χ1v) is 11.7. The number of halogens is 1. The van der Waals surface area contributed by atoms with Crippen LogP contribution in [0.1, 0.15) is 13.3 Å². The van der Waals surface area contributed by atoms with E-state index < -0.39 is 21.9 Å². The lowest BCUT2D eigenvalue weighted by Gasteiger charge is -2.35. The van der Waals surface area contributed by atoms with Gasteiger partial charge in [-0.25, -0.2) is 17.6 Å². The van der Waals surface area contributed by atoms with Crippen molar-refractivity contribution in [3.05, 3.63) is 24.0 Å². The first-order chi connectivity index (χ1) is 13.7. The zero-order valence-electron chi connectivity index (χ0n) is 16.4. The van der Waals surface area contributed by atoms with E-state index in [1.807, 2.05) is 11.8 Å². The average molecular weight is 445 g/mol. The third-order valence-electron chi connectivity index (χ3n) is 5.01. The van der Waals surface area contributed by atoms with Gasteiger partial charge in [0.25, 0.3) is 0 Å². The lowest BCUT2D eigenvalue weighted by molar-refractivity contribution is 0.143. The molecule has 8 nitrogen and oxygen atoms in total. The summed E-state index contributed by atoms with van der Waals surface area (Å²) in [5.41, 5.74) is 0.813. The molecule has 160 valence electrons. The number of nitrogens with zero attached hydrogens (tertiary/aromatic N) is 3. The van der Waals surface area contributed by atoms with E-state index in [9.17, 15) is 17.6 Å². The molecule has 0 aromatic heterocycles. The Morgan fingerprint density at radius 3 is 2.59 bits per heavy atom. The normalized spacial score (nSPS) is 20.7.